The van der Waals surface area contributed by atoms with Gasteiger partial charge in [0.2, 0.25) is 0 Å². The Bertz CT molecular complexity index is 166. The van der Waals surface area contributed by atoms with Crippen LogP contribution in [0, 0.1) is 6.42 Å². The summed E-state index contributed by atoms with van der Waals surface area (Å²) in [6.45, 7) is 4.38. The molecule has 82 valence electrons. The van der Waals surface area contributed by atoms with Crippen molar-refractivity contribution in [3.8, 4) is 0 Å². The van der Waals surface area contributed by atoms with Crippen molar-refractivity contribution >= 4 is 10.4 Å². The van der Waals surface area contributed by atoms with E-state index in [2.05, 4.69) is 20.3 Å². The Balaban J connectivity index is -0.000000177. The maximum Gasteiger partial charge on any atom is 1.00 e. The zero-order chi connectivity index (χ0) is 10.7. The van der Waals surface area contributed by atoms with Crippen molar-refractivity contribution in [3.63, 3.8) is 0 Å². The van der Waals surface area contributed by atoms with Crippen molar-refractivity contribution in [3.05, 3.63) is 6.42 Å². The monoisotopic (exact) mass is 234 g/mol. The van der Waals surface area contributed by atoms with Gasteiger partial charge in [0, 0.05) is 0 Å². The molecule has 0 aromatic rings. The molecular formula is C8H19NaO4S. The Morgan fingerprint density at radius 2 is 1.57 bits per heavy atom. The first-order chi connectivity index (χ1) is 5.91. The summed E-state index contributed by atoms with van der Waals surface area (Å²) in [6.07, 6.45) is 9.12. The van der Waals surface area contributed by atoms with E-state index in [0.29, 0.717) is 0 Å². The molecule has 0 heterocycles. The summed E-state index contributed by atoms with van der Waals surface area (Å²) in [5.41, 5.74) is 0. The summed E-state index contributed by atoms with van der Waals surface area (Å²) in [5, 5.41) is 0. The van der Waals surface area contributed by atoms with Gasteiger partial charge >= 0.3 is 40.0 Å². The molecule has 14 heavy (non-hydrogen) atoms. The van der Waals surface area contributed by atoms with Crippen LogP contribution in [0.4, 0.5) is 0 Å². The van der Waals surface area contributed by atoms with Crippen LogP contribution in [0.3, 0.4) is 0 Å². The molecule has 0 atom stereocenters. The zero-order valence-corrected chi connectivity index (χ0v) is 12.0. The van der Waals surface area contributed by atoms with Crippen molar-refractivity contribution in [1.82, 2.24) is 0 Å². The minimum atomic E-state index is -4.67. The van der Waals surface area contributed by atoms with Gasteiger partial charge in [0.1, 0.15) is 0 Å². The number of unbranched alkanes of at least 4 members (excludes halogenated alkanes) is 5. The summed E-state index contributed by atoms with van der Waals surface area (Å²) < 4.78 is 31.6. The molecule has 0 aliphatic rings. The van der Waals surface area contributed by atoms with Gasteiger partial charge in [0.15, 0.2) is 0 Å². The van der Waals surface area contributed by atoms with Crippen LogP contribution in [0.5, 0.6) is 0 Å². The van der Waals surface area contributed by atoms with E-state index in [-0.39, 0.29) is 29.6 Å². The third-order valence-corrected chi connectivity index (χ3v) is 1.35. The van der Waals surface area contributed by atoms with Gasteiger partial charge in [-0.25, -0.2) is 0 Å². The van der Waals surface area contributed by atoms with Gasteiger partial charge in [0.25, 0.3) is 0 Å². The Kier molecular flexibility index (Phi) is 20.1. The predicted octanol–water partition coefficient (Wildman–Crippen LogP) is -0.468. The third-order valence-electron chi connectivity index (χ3n) is 1.35. The van der Waals surface area contributed by atoms with E-state index in [0.717, 1.165) is 0 Å². The quantitative estimate of drug-likeness (QED) is 0.292. The molecule has 0 amide bonds. The van der Waals surface area contributed by atoms with Crippen molar-refractivity contribution in [2.45, 2.75) is 46.0 Å². The Hall–Kier alpha value is 0.870. The maximum absolute atomic E-state index is 8.74. The fraction of sp³-hybridized carbons (Fsp3) is 0.875. The summed E-state index contributed by atoms with van der Waals surface area (Å²) in [7, 11) is -4.67. The van der Waals surface area contributed by atoms with Crippen LogP contribution < -0.4 is 29.6 Å². The topological polar surface area (TPSA) is 74.6 Å². The molecule has 0 unspecified atom stereocenters. The van der Waals surface area contributed by atoms with Crippen molar-refractivity contribution in [1.29, 1.82) is 0 Å². The molecule has 6 heteroatoms. The van der Waals surface area contributed by atoms with Crippen LogP contribution in [0.25, 0.3) is 0 Å². The molecule has 0 radical (unpaired) electrons. The minimum absolute atomic E-state index is 0. The Morgan fingerprint density at radius 3 is 1.86 bits per heavy atom. The second kappa shape index (κ2) is 13.9. The molecule has 0 aliphatic heterocycles. The third kappa shape index (κ3) is 52.6. The number of hydrogen-bond acceptors (Lipinski definition) is 2. The Labute approximate surface area is 109 Å². The first-order valence-corrected chi connectivity index (χ1v) is 5.79. The number of rotatable bonds is 5. The average molecular weight is 234 g/mol. The van der Waals surface area contributed by atoms with Gasteiger partial charge in [-0.2, -0.15) is 21.8 Å². The largest absolute Gasteiger partial charge is 1.00 e. The van der Waals surface area contributed by atoms with Gasteiger partial charge in [-0.3, -0.25) is 9.11 Å². The first kappa shape index (κ1) is 20.3. The van der Waals surface area contributed by atoms with E-state index in [9.17, 15) is 0 Å². The molecule has 0 saturated heterocycles. The van der Waals surface area contributed by atoms with E-state index in [1.807, 2.05) is 0 Å². The molecule has 0 bridgehead atoms. The van der Waals surface area contributed by atoms with Crippen LogP contribution in [-0.4, -0.2) is 17.5 Å². The van der Waals surface area contributed by atoms with E-state index in [1.165, 1.54) is 32.1 Å². The van der Waals surface area contributed by atoms with Crippen LogP contribution in [0.1, 0.15) is 46.0 Å². The zero-order valence-electron chi connectivity index (χ0n) is 9.23. The van der Waals surface area contributed by atoms with Crippen molar-refractivity contribution in [2.75, 3.05) is 0 Å². The van der Waals surface area contributed by atoms with Crippen LogP contribution in [-0.2, 0) is 10.4 Å². The van der Waals surface area contributed by atoms with Crippen molar-refractivity contribution in [2.24, 2.45) is 0 Å². The second-order valence-electron chi connectivity index (χ2n) is 2.71. The molecule has 0 aromatic carbocycles. The summed E-state index contributed by atoms with van der Waals surface area (Å²) in [6, 6.07) is 0. The van der Waals surface area contributed by atoms with Gasteiger partial charge in [-0.1, -0.05) is 32.6 Å². The maximum atomic E-state index is 8.74. The van der Waals surface area contributed by atoms with Gasteiger partial charge in [-0.05, 0) is 0 Å². The van der Waals surface area contributed by atoms with E-state index < -0.39 is 10.4 Å². The second-order valence-corrected chi connectivity index (χ2v) is 3.60. The summed E-state index contributed by atoms with van der Waals surface area (Å²) >= 11 is 0. The van der Waals surface area contributed by atoms with E-state index >= 15 is 0 Å². The summed E-state index contributed by atoms with van der Waals surface area (Å²) in [4.78, 5) is 0. The fourth-order valence-corrected chi connectivity index (χ4v) is 0.775. The molecule has 0 fully saturated rings. The molecular weight excluding hydrogens is 215 g/mol. The molecule has 0 spiro atoms. The fourth-order valence-electron chi connectivity index (χ4n) is 0.775. The SMILES string of the molecule is C[CH-]CCCCCC.O=S(=O)(O)O.[Na+]. The van der Waals surface area contributed by atoms with Crippen molar-refractivity contribution < 1.29 is 47.1 Å². The Morgan fingerprint density at radius 1 is 1.14 bits per heavy atom. The molecule has 0 rings (SSSR count). The molecule has 0 aromatic heterocycles. The summed E-state index contributed by atoms with van der Waals surface area (Å²) in [5.74, 6) is 0. The van der Waals surface area contributed by atoms with Crippen LogP contribution in [0.15, 0.2) is 0 Å². The van der Waals surface area contributed by atoms with Crippen LogP contribution in [0.2, 0.25) is 0 Å². The molecule has 0 aliphatic carbocycles. The van der Waals surface area contributed by atoms with E-state index in [1.54, 1.807) is 0 Å². The predicted molar refractivity (Wildman–Crippen MR) is 52.9 cm³/mol. The van der Waals surface area contributed by atoms with Gasteiger partial charge in [-0.15, -0.1) is 0 Å². The molecule has 4 nitrogen and oxygen atoms in total. The normalized spacial score (nSPS) is 9.71. The van der Waals surface area contributed by atoms with Gasteiger partial charge in [0.05, 0.1) is 0 Å². The smallest absolute Gasteiger partial charge is 0.332 e. The standard InChI is InChI=1S/C8H17.Na.H2O4S/c1-3-5-7-8-6-4-2;;1-5(2,3)4/h3H,4-8H2,1-2H3;;(H2,1,2,3,4)/q-1;+1;. The van der Waals surface area contributed by atoms with Gasteiger partial charge < -0.3 is 6.42 Å². The number of hydrogen-bond donors (Lipinski definition) is 2. The first-order valence-electron chi connectivity index (χ1n) is 4.39. The molecule has 0 saturated carbocycles. The van der Waals surface area contributed by atoms with Crippen LogP contribution >= 0.6 is 0 Å². The van der Waals surface area contributed by atoms with E-state index in [4.69, 9.17) is 17.5 Å². The minimum Gasteiger partial charge on any atom is -0.332 e. The average Bonchev–Trinajstić information content (AvgIpc) is 1.95. The molecule has 2 N–H and O–H groups in total.